The summed E-state index contributed by atoms with van der Waals surface area (Å²) in [4.78, 5) is 20.0. The quantitative estimate of drug-likeness (QED) is 0.256. The highest BCUT2D eigenvalue weighted by atomic mass is 15.1. The molecule has 5 heteroatoms. The Morgan fingerprint density at radius 3 is 1.76 bits per heavy atom. The molecule has 0 amide bonds. The summed E-state index contributed by atoms with van der Waals surface area (Å²) in [6.45, 7) is 0. The van der Waals surface area contributed by atoms with E-state index in [0.717, 1.165) is 49.9 Å². The molecule has 0 spiro atoms. The van der Waals surface area contributed by atoms with E-state index in [1.165, 1.54) is 0 Å². The van der Waals surface area contributed by atoms with E-state index in [1.807, 2.05) is 78.9 Å². The molecule has 0 N–H and O–H groups in total. The Labute approximate surface area is 220 Å². The highest BCUT2D eigenvalue weighted by molar-refractivity contribution is 6.03. The first-order valence-corrected chi connectivity index (χ1v) is 12.6. The van der Waals surface area contributed by atoms with E-state index in [9.17, 15) is 0 Å². The van der Waals surface area contributed by atoms with E-state index >= 15 is 0 Å². The zero-order valence-electron chi connectivity index (χ0n) is 20.8. The average molecular weight is 490 g/mol. The van der Waals surface area contributed by atoms with Gasteiger partial charge in [-0.1, -0.05) is 103 Å². The smallest absolute Gasteiger partial charge is 0.164 e. The summed E-state index contributed by atoms with van der Waals surface area (Å²) in [5.74, 6) is 2.77. The fourth-order valence-electron chi connectivity index (χ4n) is 5.00. The van der Waals surface area contributed by atoms with Gasteiger partial charge < -0.3 is 4.57 Å². The van der Waals surface area contributed by atoms with Crippen molar-refractivity contribution in [3.8, 4) is 45.6 Å². The third kappa shape index (κ3) is 3.73. The minimum absolute atomic E-state index is 0.616. The maximum atomic E-state index is 5.07. The Kier molecular flexibility index (Phi) is 5.26. The molecule has 0 atom stereocenters. The number of aromatic nitrogens is 5. The molecule has 0 bridgehead atoms. The maximum absolute atomic E-state index is 5.07. The number of hydrogen-bond donors (Lipinski definition) is 0. The molecule has 0 radical (unpaired) electrons. The molecule has 5 aromatic carbocycles. The monoisotopic (exact) mass is 489 g/mol. The van der Waals surface area contributed by atoms with E-state index in [1.54, 1.807) is 0 Å². The molecular weight excluding hydrogens is 466 g/mol. The molecule has 38 heavy (non-hydrogen) atoms. The molecule has 180 valence electrons. The normalized spacial score (nSPS) is 11.3. The Hall–Kier alpha value is -5.16. The van der Waals surface area contributed by atoms with Gasteiger partial charge in [-0.3, -0.25) is 0 Å². The van der Waals surface area contributed by atoms with Crippen LogP contribution < -0.4 is 0 Å². The van der Waals surface area contributed by atoms with Gasteiger partial charge in [-0.2, -0.15) is 0 Å². The van der Waals surface area contributed by atoms with Crippen LogP contribution >= 0.6 is 0 Å². The summed E-state index contributed by atoms with van der Waals surface area (Å²) < 4.78 is 2.15. The van der Waals surface area contributed by atoms with E-state index in [4.69, 9.17) is 19.9 Å². The van der Waals surface area contributed by atoms with Gasteiger partial charge in [-0.15, -0.1) is 0 Å². The molecule has 0 aliphatic carbocycles. The Morgan fingerprint density at radius 2 is 1.08 bits per heavy atom. The lowest BCUT2D eigenvalue weighted by molar-refractivity contribution is 0.960. The van der Waals surface area contributed by atoms with Crippen LogP contribution in [0.5, 0.6) is 0 Å². The van der Waals surface area contributed by atoms with Crippen molar-refractivity contribution in [2.45, 2.75) is 0 Å². The zero-order chi connectivity index (χ0) is 25.5. The Balaban J connectivity index is 1.55. The van der Waals surface area contributed by atoms with Gasteiger partial charge in [-0.25, -0.2) is 19.9 Å². The number of para-hydroxylation sites is 2. The van der Waals surface area contributed by atoms with Crippen molar-refractivity contribution in [3.05, 3.63) is 121 Å². The lowest BCUT2D eigenvalue weighted by Gasteiger charge is -2.14. The minimum atomic E-state index is 0.616. The number of hydrogen-bond acceptors (Lipinski definition) is 4. The van der Waals surface area contributed by atoms with Crippen LogP contribution in [0.3, 0.4) is 0 Å². The average Bonchev–Trinajstić information content (AvgIpc) is 3.33. The summed E-state index contributed by atoms with van der Waals surface area (Å²) in [5, 5.41) is 2.24. The van der Waals surface area contributed by atoms with Gasteiger partial charge in [0.2, 0.25) is 0 Å². The molecule has 0 fully saturated rings. The first kappa shape index (κ1) is 22.1. The standard InChI is InChI=1S/C33H23N5/c1-38-28-19-11-10-18-27(28)34-33(38)29-25-17-9-8-12-22(25)20-21-26(29)32-36-30(23-13-4-2-5-14-23)35-31(37-32)24-15-6-3-7-16-24/h2-21H,1H3. The third-order valence-corrected chi connectivity index (χ3v) is 6.88. The summed E-state index contributed by atoms with van der Waals surface area (Å²) in [5.41, 5.74) is 5.84. The van der Waals surface area contributed by atoms with Crippen LogP contribution in [-0.4, -0.2) is 24.5 Å². The van der Waals surface area contributed by atoms with Crippen LogP contribution in [0.15, 0.2) is 121 Å². The highest BCUT2D eigenvalue weighted by Crippen LogP contribution is 2.38. The van der Waals surface area contributed by atoms with E-state index in [-0.39, 0.29) is 0 Å². The van der Waals surface area contributed by atoms with Crippen molar-refractivity contribution in [1.29, 1.82) is 0 Å². The molecule has 0 aliphatic rings. The van der Waals surface area contributed by atoms with Gasteiger partial charge >= 0.3 is 0 Å². The predicted octanol–water partition coefficient (Wildman–Crippen LogP) is 7.58. The largest absolute Gasteiger partial charge is 0.327 e. The zero-order valence-corrected chi connectivity index (χ0v) is 20.8. The van der Waals surface area contributed by atoms with Gasteiger partial charge in [0.05, 0.1) is 11.0 Å². The molecule has 7 aromatic rings. The van der Waals surface area contributed by atoms with Gasteiger partial charge in [0.25, 0.3) is 0 Å². The molecule has 5 nitrogen and oxygen atoms in total. The van der Waals surface area contributed by atoms with Gasteiger partial charge in [-0.05, 0) is 29.0 Å². The second kappa shape index (κ2) is 9.05. The first-order valence-electron chi connectivity index (χ1n) is 12.6. The minimum Gasteiger partial charge on any atom is -0.327 e. The van der Waals surface area contributed by atoms with Crippen LogP contribution in [0.2, 0.25) is 0 Å². The fraction of sp³-hybridized carbons (Fsp3) is 0.0303. The molecule has 0 saturated carbocycles. The number of nitrogens with zero attached hydrogens (tertiary/aromatic N) is 5. The maximum Gasteiger partial charge on any atom is 0.164 e. The lowest BCUT2D eigenvalue weighted by Crippen LogP contribution is -2.02. The molecule has 0 unspecified atom stereocenters. The van der Waals surface area contributed by atoms with Crippen LogP contribution in [0.25, 0.3) is 67.4 Å². The van der Waals surface area contributed by atoms with Crippen molar-refractivity contribution in [1.82, 2.24) is 24.5 Å². The highest BCUT2D eigenvalue weighted by Gasteiger charge is 2.21. The Morgan fingerprint density at radius 1 is 0.500 bits per heavy atom. The third-order valence-electron chi connectivity index (χ3n) is 6.88. The van der Waals surface area contributed by atoms with Crippen LogP contribution in [0, 0.1) is 0 Å². The van der Waals surface area contributed by atoms with E-state index in [2.05, 4.69) is 54.1 Å². The first-order chi connectivity index (χ1) is 18.8. The van der Waals surface area contributed by atoms with Gasteiger partial charge in [0.15, 0.2) is 17.5 Å². The van der Waals surface area contributed by atoms with Crippen LogP contribution in [0.1, 0.15) is 0 Å². The van der Waals surface area contributed by atoms with E-state index < -0.39 is 0 Å². The number of aryl methyl sites for hydroxylation is 1. The van der Waals surface area contributed by atoms with Crippen LogP contribution in [-0.2, 0) is 7.05 Å². The molecule has 0 saturated heterocycles. The number of imidazole rings is 1. The van der Waals surface area contributed by atoms with Crippen molar-refractivity contribution < 1.29 is 0 Å². The molecule has 2 heterocycles. The predicted molar refractivity (Wildman–Crippen MR) is 153 cm³/mol. The second-order valence-electron chi connectivity index (χ2n) is 9.23. The summed E-state index contributed by atoms with van der Waals surface area (Å²) >= 11 is 0. The molecule has 2 aromatic heterocycles. The van der Waals surface area contributed by atoms with Crippen LogP contribution in [0.4, 0.5) is 0 Å². The number of benzene rings is 5. The molecular formula is C33H23N5. The SMILES string of the molecule is Cn1c(-c2c(-c3nc(-c4ccccc4)nc(-c4ccccc4)n3)ccc3ccccc23)nc2ccccc21. The van der Waals surface area contributed by atoms with Crippen molar-refractivity contribution in [3.63, 3.8) is 0 Å². The van der Waals surface area contributed by atoms with Gasteiger partial charge in [0.1, 0.15) is 5.82 Å². The van der Waals surface area contributed by atoms with Crippen molar-refractivity contribution >= 4 is 21.8 Å². The topological polar surface area (TPSA) is 56.5 Å². The summed E-state index contributed by atoms with van der Waals surface area (Å²) in [6, 6.07) is 41.0. The molecule has 0 aliphatic heterocycles. The second-order valence-corrected chi connectivity index (χ2v) is 9.23. The summed E-state index contributed by atoms with van der Waals surface area (Å²) in [7, 11) is 2.06. The Bertz CT molecular complexity index is 1870. The van der Waals surface area contributed by atoms with E-state index in [0.29, 0.717) is 17.5 Å². The number of rotatable bonds is 4. The molecule has 7 rings (SSSR count). The lowest BCUT2D eigenvalue weighted by atomic mass is 9.97. The van der Waals surface area contributed by atoms with Crippen molar-refractivity contribution in [2.75, 3.05) is 0 Å². The van der Waals surface area contributed by atoms with Gasteiger partial charge in [0, 0.05) is 29.3 Å². The fourth-order valence-corrected chi connectivity index (χ4v) is 5.00. The number of fused-ring (bicyclic) bond motifs is 2. The van der Waals surface area contributed by atoms with Crippen molar-refractivity contribution in [2.24, 2.45) is 7.05 Å². The summed E-state index contributed by atoms with van der Waals surface area (Å²) in [6.07, 6.45) is 0.